The Morgan fingerprint density at radius 3 is 2.78 bits per heavy atom. The highest BCUT2D eigenvalue weighted by atomic mass is 16.2. The van der Waals surface area contributed by atoms with Gasteiger partial charge in [-0.05, 0) is 38.6 Å². The molecule has 5 heteroatoms. The lowest BCUT2D eigenvalue weighted by Crippen LogP contribution is -2.30. The zero-order valence-corrected chi connectivity index (χ0v) is 10.4. The number of fused-ring (bicyclic) bond motifs is 1. The fourth-order valence-corrected chi connectivity index (χ4v) is 2.04. The molecule has 0 amide bonds. The second-order valence-corrected chi connectivity index (χ2v) is 4.24. The Morgan fingerprint density at radius 2 is 2.00 bits per heavy atom. The van der Waals surface area contributed by atoms with E-state index < -0.39 is 0 Å². The van der Waals surface area contributed by atoms with Crippen LogP contribution in [0.25, 0.3) is 10.9 Å². The van der Waals surface area contributed by atoms with Crippen molar-refractivity contribution in [3.63, 3.8) is 0 Å². The molecule has 0 aliphatic rings. The second kappa shape index (κ2) is 5.64. The van der Waals surface area contributed by atoms with E-state index in [0.29, 0.717) is 17.4 Å². The average Bonchev–Trinajstić information content (AvgIpc) is 2.38. The highest BCUT2D eigenvalue weighted by Gasteiger charge is 2.05. The van der Waals surface area contributed by atoms with Crippen LogP contribution in [0.2, 0.25) is 0 Å². The summed E-state index contributed by atoms with van der Waals surface area (Å²) in [5.74, 6) is 0. The first-order chi connectivity index (χ1) is 8.74. The van der Waals surface area contributed by atoms with Crippen molar-refractivity contribution in [1.29, 1.82) is 0 Å². The maximum absolute atomic E-state index is 11.8. The SMILES string of the molecule is CNCCCCn1c(=O)[nH]c(=O)c2ccccc21. The molecule has 0 radical (unpaired) electrons. The van der Waals surface area contributed by atoms with E-state index >= 15 is 0 Å². The van der Waals surface area contributed by atoms with Crippen LogP contribution in [0.15, 0.2) is 33.9 Å². The summed E-state index contributed by atoms with van der Waals surface area (Å²) in [4.78, 5) is 25.8. The minimum atomic E-state index is -0.330. The number of hydrogen-bond donors (Lipinski definition) is 2. The van der Waals surface area contributed by atoms with Gasteiger partial charge in [0.15, 0.2) is 0 Å². The van der Waals surface area contributed by atoms with Gasteiger partial charge in [0, 0.05) is 6.54 Å². The lowest BCUT2D eigenvalue weighted by atomic mass is 10.2. The van der Waals surface area contributed by atoms with Gasteiger partial charge in [-0.2, -0.15) is 0 Å². The third-order valence-corrected chi connectivity index (χ3v) is 2.96. The standard InChI is InChI=1S/C13H17N3O2/c1-14-8-4-5-9-16-11-7-3-2-6-10(11)12(17)15-13(16)18/h2-3,6-7,14H,4-5,8-9H2,1H3,(H,15,17,18). The van der Waals surface area contributed by atoms with E-state index in [9.17, 15) is 9.59 Å². The van der Waals surface area contributed by atoms with Gasteiger partial charge in [-0.1, -0.05) is 12.1 Å². The number of aryl methyl sites for hydroxylation is 1. The van der Waals surface area contributed by atoms with Crippen LogP contribution in [0.3, 0.4) is 0 Å². The van der Waals surface area contributed by atoms with Gasteiger partial charge in [0.2, 0.25) is 0 Å². The quantitative estimate of drug-likeness (QED) is 0.764. The van der Waals surface area contributed by atoms with Gasteiger partial charge in [0.25, 0.3) is 5.56 Å². The molecular formula is C13H17N3O2. The van der Waals surface area contributed by atoms with Crippen LogP contribution in [0.4, 0.5) is 0 Å². The number of para-hydroxylation sites is 1. The van der Waals surface area contributed by atoms with Gasteiger partial charge in [0.05, 0.1) is 10.9 Å². The van der Waals surface area contributed by atoms with Crippen molar-refractivity contribution in [2.45, 2.75) is 19.4 Å². The number of nitrogens with zero attached hydrogens (tertiary/aromatic N) is 1. The van der Waals surface area contributed by atoms with E-state index in [2.05, 4.69) is 10.3 Å². The average molecular weight is 247 g/mol. The van der Waals surface area contributed by atoms with Gasteiger partial charge >= 0.3 is 5.69 Å². The monoisotopic (exact) mass is 247 g/mol. The molecule has 1 aromatic heterocycles. The molecule has 2 aromatic rings. The van der Waals surface area contributed by atoms with Crippen LogP contribution in [-0.2, 0) is 6.54 Å². The Balaban J connectivity index is 2.37. The Labute approximate surface area is 104 Å². The zero-order chi connectivity index (χ0) is 13.0. The predicted octanol–water partition coefficient (Wildman–Crippen LogP) is 0.689. The van der Waals surface area contributed by atoms with E-state index in [4.69, 9.17) is 0 Å². The molecule has 0 fully saturated rings. The van der Waals surface area contributed by atoms with Crippen LogP contribution in [0, 0.1) is 0 Å². The van der Waals surface area contributed by atoms with Gasteiger partial charge < -0.3 is 5.32 Å². The molecule has 0 spiro atoms. The first kappa shape index (κ1) is 12.6. The molecule has 0 atom stereocenters. The first-order valence-corrected chi connectivity index (χ1v) is 6.10. The van der Waals surface area contributed by atoms with Crippen molar-refractivity contribution < 1.29 is 0 Å². The molecule has 0 aliphatic carbocycles. The van der Waals surface area contributed by atoms with Crippen LogP contribution in [0.5, 0.6) is 0 Å². The maximum Gasteiger partial charge on any atom is 0.328 e. The van der Waals surface area contributed by atoms with E-state index in [-0.39, 0.29) is 11.2 Å². The van der Waals surface area contributed by atoms with Crippen LogP contribution in [-0.4, -0.2) is 23.1 Å². The number of rotatable bonds is 5. The van der Waals surface area contributed by atoms with E-state index in [1.807, 2.05) is 19.2 Å². The molecule has 0 unspecified atom stereocenters. The summed E-state index contributed by atoms with van der Waals surface area (Å²) in [5.41, 5.74) is 0.0564. The third-order valence-electron chi connectivity index (χ3n) is 2.96. The summed E-state index contributed by atoms with van der Waals surface area (Å²) >= 11 is 0. The molecule has 0 saturated carbocycles. The largest absolute Gasteiger partial charge is 0.328 e. The minimum absolute atomic E-state index is 0.318. The molecule has 5 nitrogen and oxygen atoms in total. The number of unbranched alkanes of at least 4 members (excludes halogenated alkanes) is 1. The van der Waals surface area contributed by atoms with Crippen LogP contribution in [0.1, 0.15) is 12.8 Å². The van der Waals surface area contributed by atoms with Gasteiger partial charge in [-0.25, -0.2) is 4.79 Å². The summed E-state index contributed by atoms with van der Waals surface area (Å²) in [6.07, 6.45) is 1.90. The topological polar surface area (TPSA) is 66.9 Å². The Morgan fingerprint density at radius 1 is 1.22 bits per heavy atom. The fraction of sp³-hybridized carbons (Fsp3) is 0.385. The summed E-state index contributed by atoms with van der Waals surface area (Å²) < 4.78 is 1.63. The third kappa shape index (κ3) is 2.51. The van der Waals surface area contributed by atoms with E-state index in [1.165, 1.54) is 0 Å². The van der Waals surface area contributed by atoms with Crippen LogP contribution < -0.4 is 16.6 Å². The number of aromatic amines is 1. The maximum atomic E-state index is 11.8. The van der Waals surface area contributed by atoms with E-state index in [1.54, 1.807) is 16.7 Å². The van der Waals surface area contributed by atoms with Gasteiger partial charge in [0.1, 0.15) is 0 Å². The van der Waals surface area contributed by atoms with E-state index in [0.717, 1.165) is 19.4 Å². The molecule has 2 N–H and O–H groups in total. The van der Waals surface area contributed by atoms with Crippen molar-refractivity contribution in [1.82, 2.24) is 14.9 Å². The number of H-pyrrole nitrogens is 1. The van der Waals surface area contributed by atoms with Crippen molar-refractivity contribution >= 4 is 10.9 Å². The Kier molecular flexibility index (Phi) is 3.94. The Hall–Kier alpha value is -1.88. The predicted molar refractivity (Wildman–Crippen MR) is 72.0 cm³/mol. The molecule has 0 aliphatic heterocycles. The number of benzene rings is 1. The van der Waals surface area contributed by atoms with Crippen molar-refractivity contribution in [2.75, 3.05) is 13.6 Å². The second-order valence-electron chi connectivity index (χ2n) is 4.24. The molecular weight excluding hydrogens is 230 g/mol. The summed E-state index contributed by atoms with van der Waals surface area (Å²) in [6.45, 7) is 1.55. The normalized spacial score (nSPS) is 10.9. The molecule has 1 aromatic carbocycles. The molecule has 18 heavy (non-hydrogen) atoms. The summed E-state index contributed by atoms with van der Waals surface area (Å²) in [7, 11) is 1.90. The highest BCUT2D eigenvalue weighted by Crippen LogP contribution is 2.07. The first-order valence-electron chi connectivity index (χ1n) is 6.10. The highest BCUT2D eigenvalue weighted by molar-refractivity contribution is 5.77. The van der Waals surface area contributed by atoms with Crippen molar-refractivity contribution in [2.24, 2.45) is 0 Å². The van der Waals surface area contributed by atoms with Gasteiger partial charge in [-0.3, -0.25) is 14.3 Å². The van der Waals surface area contributed by atoms with Crippen LogP contribution >= 0.6 is 0 Å². The molecule has 1 heterocycles. The molecule has 0 bridgehead atoms. The summed E-state index contributed by atoms with van der Waals surface area (Å²) in [6, 6.07) is 7.18. The molecule has 96 valence electrons. The van der Waals surface area contributed by atoms with Crippen molar-refractivity contribution in [3.8, 4) is 0 Å². The fourth-order valence-electron chi connectivity index (χ4n) is 2.04. The van der Waals surface area contributed by atoms with Gasteiger partial charge in [-0.15, -0.1) is 0 Å². The molecule has 0 saturated heterocycles. The number of hydrogen-bond acceptors (Lipinski definition) is 3. The lowest BCUT2D eigenvalue weighted by Gasteiger charge is -2.08. The summed E-state index contributed by atoms with van der Waals surface area (Å²) in [5, 5.41) is 3.63. The van der Waals surface area contributed by atoms with Crippen molar-refractivity contribution in [3.05, 3.63) is 45.1 Å². The minimum Gasteiger partial charge on any atom is -0.320 e. The molecule has 2 rings (SSSR count). The smallest absolute Gasteiger partial charge is 0.320 e. The Bertz CT molecular complexity index is 642. The lowest BCUT2D eigenvalue weighted by molar-refractivity contribution is 0.582. The number of nitrogens with one attached hydrogen (secondary N) is 2. The zero-order valence-electron chi connectivity index (χ0n) is 10.4. The number of aromatic nitrogens is 2.